The lowest BCUT2D eigenvalue weighted by Gasteiger charge is -2.37. The number of hydrogen-bond donors (Lipinski definition) is 1. The van der Waals surface area contributed by atoms with Crippen molar-refractivity contribution in [2.75, 3.05) is 26.3 Å². The van der Waals surface area contributed by atoms with Crippen molar-refractivity contribution in [1.29, 1.82) is 0 Å². The molecule has 2 fully saturated rings. The molecule has 0 aromatic carbocycles. The molecule has 4 nitrogen and oxygen atoms in total. The molecule has 110 valence electrons. The van der Waals surface area contributed by atoms with Crippen LogP contribution in [-0.2, 0) is 9.53 Å². The average Bonchev–Trinajstić information content (AvgIpc) is 2.44. The van der Waals surface area contributed by atoms with Crippen LogP contribution in [0.25, 0.3) is 0 Å². The van der Waals surface area contributed by atoms with Gasteiger partial charge >= 0.3 is 0 Å². The van der Waals surface area contributed by atoms with E-state index in [1.807, 2.05) is 6.92 Å². The van der Waals surface area contributed by atoms with Gasteiger partial charge in [-0.1, -0.05) is 26.7 Å². The Labute approximate surface area is 116 Å². The number of nitrogens with zero attached hydrogens (tertiary/aromatic N) is 1. The number of carbonyl (C=O) groups excluding carboxylic acids is 1. The first-order valence-electron chi connectivity index (χ1n) is 7.71. The number of morpholine rings is 1. The number of amides is 1. The minimum atomic E-state index is -0.0340. The highest BCUT2D eigenvalue weighted by molar-refractivity contribution is 5.81. The van der Waals surface area contributed by atoms with E-state index in [1.54, 1.807) is 0 Å². The third kappa shape index (κ3) is 3.69. The smallest absolute Gasteiger partial charge is 0.237 e. The molecule has 0 spiro atoms. The van der Waals surface area contributed by atoms with E-state index < -0.39 is 0 Å². The van der Waals surface area contributed by atoms with Crippen LogP contribution in [0.3, 0.4) is 0 Å². The van der Waals surface area contributed by atoms with E-state index in [-0.39, 0.29) is 11.9 Å². The first kappa shape index (κ1) is 14.8. The number of nitrogens with one attached hydrogen (secondary N) is 1. The van der Waals surface area contributed by atoms with Gasteiger partial charge in [0.2, 0.25) is 5.91 Å². The second-order valence-electron chi connectivity index (χ2n) is 6.21. The molecule has 4 atom stereocenters. The standard InChI is InChI=1S/C15H28N2O2/c1-11-5-4-6-14(12(11)2)16-15(18)13(3)17-7-9-19-10-8-17/h11-14H,4-10H2,1-3H3,(H,16,18). The number of hydrogen-bond acceptors (Lipinski definition) is 3. The first-order chi connectivity index (χ1) is 9.09. The topological polar surface area (TPSA) is 41.6 Å². The van der Waals surface area contributed by atoms with Gasteiger partial charge in [-0.05, 0) is 25.2 Å². The van der Waals surface area contributed by atoms with Crippen LogP contribution in [0.2, 0.25) is 0 Å². The quantitative estimate of drug-likeness (QED) is 0.846. The molecule has 19 heavy (non-hydrogen) atoms. The van der Waals surface area contributed by atoms with E-state index in [2.05, 4.69) is 24.1 Å². The Morgan fingerprint density at radius 3 is 2.63 bits per heavy atom. The fourth-order valence-electron chi connectivity index (χ4n) is 3.22. The lowest BCUT2D eigenvalue weighted by atomic mass is 9.78. The van der Waals surface area contributed by atoms with Gasteiger partial charge < -0.3 is 10.1 Å². The van der Waals surface area contributed by atoms with Crippen LogP contribution in [0.5, 0.6) is 0 Å². The number of rotatable bonds is 3. The molecular weight excluding hydrogens is 240 g/mol. The van der Waals surface area contributed by atoms with E-state index in [4.69, 9.17) is 4.74 Å². The minimum Gasteiger partial charge on any atom is -0.379 e. The minimum absolute atomic E-state index is 0.0340. The maximum Gasteiger partial charge on any atom is 0.237 e. The van der Waals surface area contributed by atoms with Crippen LogP contribution in [0.15, 0.2) is 0 Å². The van der Waals surface area contributed by atoms with Crippen LogP contribution in [-0.4, -0.2) is 49.2 Å². The fraction of sp³-hybridized carbons (Fsp3) is 0.933. The number of ether oxygens (including phenoxy) is 1. The van der Waals surface area contributed by atoms with Crippen molar-refractivity contribution >= 4 is 5.91 Å². The zero-order valence-electron chi connectivity index (χ0n) is 12.5. The third-order valence-electron chi connectivity index (χ3n) is 5.01. The third-order valence-corrected chi connectivity index (χ3v) is 5.01. The Morgan fingerprint density at radius 2 is 1.95 bits per heavy atom. The maximum absolute atomic E-state index is 12.4. The van der Waals surface area contributed by atoms with Crippen LogP contribution in [0.4, 0.5) is 0 Å². The molecule has 0 radical (unpaired) electrons. The molecule has 1 saturated carbocycles. The highest BCUT2D eigenvalue weighted by Gasteiger charge is 2.30. The van der Waals surface area contributed by atoms with E-state index in [1.165, 1.54) is 12.8 Å². The Bertz CT molecular complexity index is 303. The first-order valence-corrected chi connectivity index (χ1v) is 7.71. The Kier molecular flexibility index (Phi) is 5.22. The molecular formula is C15H28N2O2. The highest BCUT2D eigenvalue weighted by Crippen LogP contribution is 2.29. The van der Waals surface area contributed by atoms with Gasteiger partial charge in [-0.3, -0.25) is 9.69 Å². The lowest BCUT2D eigenvalue weighted by molar-refractivity contribution is -0.129. The van der Waals surface area contributed by atoms with Gasteiger partial charge in [0.1, 0.15) is 0 Å². The van der Waals surface area contributed by atoms with E-state index in [0.717, 1.165) is 38.6 Å². The van der Waals surface area contributed by atoms with Crippen molar-refractivity contribution < 1.29 is 9.53 Å². The van der Waals surface area contributed by atoms with Gasteiger partial charge in [0.25, 0.3) is 0 Å². The number of carbonyl (C=O) groups is 1. The molecule has 0 bridgehead atoms. The summed E-state index contributed by atoms with van der Waals surface area (Å²) in [5.41, 5.74) is 0. The van der Waals surface area contributed by atoms with Crippen LogP contribution in [0, 0.1) is 11.8 Å². The molecule has 1 N–H and O–H groups in total. The largest absolute Gasteiger partial charge is 0.379 e. The molecule has 1 heterocycles. The van der Waals surface area contributed by atoms with Gasteiger partial charge in [0.15, 0.2) is 0 Å². The fourth-order valence-corrected chi connectivity index (χ4v) is 3.22. The summed E-state index contributed by atoms with van der Waals surface area (Å²) in [6.07, 6.45) is 3.67. The molecule has 4 heteroatoms. The summed E-state index contributed by atoms with van der Waals surface area (Å²) in [4.78, 5) is 14.6. The molecule has 1 aliphatic heterocycles. The molecule has 0 aromatic heterocycles. The summed E-state index contributed by atoms with van der Waals surface area (Å²) in [5, 5.41) is 3.27. The normalized spacial score (nSPS) is 34.8. The molecule has 1 saturated heterocycles. The molecule has 1 aliphatic carbocycles. The van der Waals surface area contributed by atoms with E-state index in [0.29, 0.717) is 12.0 Å². The molecule has 2 rings (SSSR count). The van der Waals surface area contributed by atoms with Gasteiger partial charge in [0, 0.05) is 19.1 Å². The highest BCUT2D eigenvalue weighted by atomic mass is 16.5. The molecule has 1 amide bonds. The summed E-state index contributed by atoms with van der Waals surface area (Å²) >= 11 is 0. The second-order valence-corrected chi connectivity index (χ2v) is 6.21. The SMILES string of the molecule is CC1CCCC(NC(=O)C(C)N2CCOCC2)C1C. The second kappa shape index (κ2) is 6.71. The van der Waals surface area contributed by atoms with E-state index in [9.17, 15) is 4.79 Å². The summed E-state index contributed by atoms with van der Waals surface area (Å²) < 4.78 is 5.34. The van der Waals surface area contributed by atoms with Crippen LogP contribution < -0.4 is 5.32 Å². The molecule has 0 aromatic rings. The lowest BCUT2D eigenvalue weighted by Crippen LogP contribution is -2.53. The summed E-state index contributed by atoms with van der Waals surface area (Å²) in [6, 6.07) is 0.327. The van der Waals surface area contributed by atoms with Crippen molar-refractivity contribution in [1.82, 2.24) is 10.2 Å². The Morgan fingerprint density at radius 1 is 1.26 bits per heavy atom. The Balaban J connectivity index is 1.85. The molecule has 2 aliphatic rings. The average molecular weight is 268 g/mol. The van der Waals surface area contributed by atoms with E-state index >= 15 is 0 Å². The maximum atomic E-state index is 12.4. The van der Waals surface area contributed by atoms with Crippen molar-refractivity contribution in [2.45, 2.75) is 52.1 Å². The zero-order chi connectivity index (χ0) is 13.8. The molecule has 4 unspecified atom stereocenters. The summed E-state index contributed by atoms with van der Waals surface area (Å²) in [6.45, 7) is 9.81. The van der Waals surface area contributed by atoms with Gasteiger partial charge in [-0.25, -0.2) is 0 Å². The van der Waals surface area contributed by atoms with Gasteiger partial charge in [0.05, 0.1) is 19.3 Å². The van der Waals surface area contributed by atoms with Gasteiger partial charge in [-0.2, -0.15) is 0 Å². The van der Waals surface area contributed by atoms with Crippen molar-refractivity contribution in [3.63, 3.8) is 0 Å². The predicted octanol–water partition coefficient (Wildman–Crippen LogP) is 1.65. The summed E-state index contributed by atoms with van der Waals surface area (Å²) in [5.74, 6) is 1.50. The van der Waals surface area contributed by atoms with Crippen LogP contribution in [0.1, 0.15) is 40.0 Å². The summed E-state index contributed by atoms with van der Waals surface area (Å²) in [7, 11) is 0. The monoisotopic (exact) mass is 268 g/mol. The van der Waals surface area contributed by atoms with Gasteiger partial charge in [-0.15, -0.1) is 0 Å². The van der Waals surface area contributed by atoms with Crippen molar-refractivity contribution in [2.24, 2.45) is 11.8 Å². The Hall–Kier alpha value is -0.610. The zero-order valence-corrected chi connectivity index (χ0v) is 12.5. The van der Waals surface area contributed by atoms with Crippen LogP contribution >= 0.6 is 0 Å². The predicted molar refractivity (Wildman–Crippen MR) is 76.0 cm³/mol. The van der Waals surface area contributed by atoms with Crippen molar-refractivity contribution in [3.05, 3.63) is 0 Å². The van der Waals surface area contributed by atoms with Crippen molar-refractivity contribution in [3.8, 4) is 0 Å².